The van der Waals surface area contributed by atoms with Crippen LogP contribution in [0.5, 0.6) is 0 Å². The molecule has 0 bridgehead atoms. The molecule has 0 aromatic heterocycles. The van der Waals surface area contributed by atoms with Crippen LogP contribution < -0.4 is 0 Å². The molecule has 2 aliphatic heterocycles. The quantitative estimate of drug-likeness (QED) is 0.0378. The van der Waals surface area contributed by atoms with Crippen molar-refractivity contribution in [1.82, 2.24) is 4.90 Å². The highest BCUT2D eigenvalue weighted by Crippen LogP contribution is 2.30. The van der Waals surface area contributed by atoms with Crippen LogP contribution in [-0.4, -0.2) is 234 Å². The number of Topliss-reactive ketones (excluding diaryl/α,β-unsaturated/α-hetero) is 2. The minimum Gasteiger partial charge on any atom is -0.481 e. The van der Waals surface area contributed by atoms with E-state index in [0.717, 1.165) is 111 Å². The summed E-state index contributed by atoms with van der Waals surface area (Å²) in [7, 11) is 6.08. The highest BCUT2D eigenvalue weighted by Gasteiger charge is 2.11. The third-order valence-electron chi connectivity index (χ3n) is 8.92. The molecule has 1 amide bonds. The lowest BCUT2D eigenvalue weighted by molar-refractivity contribution is -0.141. The van der Waals surface area contributed by atoms with Crippen LogP contribution in [-0.2, 0) is 66.7 Å². The maximum Gasteiger partial charge on any atom is 0.302 e. The zero-order valence-electron chi connectivity index (χ0n) is 80.7. The van der Waals surface area contributed by atoms with Crippen LogP contribution in [0.3, 0.4) is 0 Å². The average Bonchev–Trinajstić information content (AvgIpc) is 0.969. The highest BCUT2D eigenvalue weighted by molar-refractivity contribution is 6.83. The van der Waals surface area contributed by atoms with E-state index in [1.54, 1.807) is 61.9 Å². The number of carbonyl (C=O) groups excluding carboxylic acids is 5. The van der Waals surface area contributed by atoms with E-state index in [9.17, 15) is 24.0 Å². The SMILES string of the molecule is C1CCOC1.C1COCCO1.CC#N.CC(=O)O.CC(C)=O.CC(C)O.CC(C)OC(C)C.CCC(C)=O.CCCCO.CCCCOC(C)=O.CCCO.CCO.CCOC(C)=O.CCOCC.CN(C)C=O.CO.COC(C)(C)C.Cc1ccccc1.Cc1ccccc1C.ClC(Cl)(Cl)Cl.ClC(Cl)Cl.ClC=C(Cl)Cl.ClCCCl.ClCCl.c1ccccc1. The molecule has 5 rings (SSSR count). The number of nitrogens with zero attached hydrogens (tertiary/aromatic N) is 2. The fourth-order valence-corrected chi connectivity index (χ4v) is 4.00. The van der Waals surface area contributed by atoms with Crippen LogP contribution in [0.1, 0.15) is 234 Å². The van der Waals surface area contributed by atoms with Gasteiger partial charge in [0.1, 0.15) is 16.1 Å². The first-order valence-corrected chi connectivity index (χ1v) is 45.6. The van der Waals surface area contributed by atoms with Crippen molar-refractivity contribution in [2.75, 3.05) is 131 Å². The van der Waals surface area contributed by atoms with Crippen LogP contribution in [0.25, 0.3) is 0 Å². The Hall–Kier alpha value is -2.27. The van der Waals surface area contributed by atoms with Gasteiger partial charge < -0.3 is 83.0 Å². The second kappa shape index (κ2) is 167. The molecule has 0 radical (unpaired) electrons. The topological polar surface area (TPSA) is 325 Å². The van der Waals surface area contributed by atoms with Gasteiger partial charge in [-0.05, 0) is 175 Å². The van der Waals surface area contributed by atoms with E-state index in [1.807, 2.05) is 131 Å². The van der Waals surface area contributed by atoms with E-state index in [4.69, 9.17) is 232 Å². The summed E-state index contributed by atoms with van der Waals surface area (Å²) in [6.07, 6.45) is 9.52. The van der Waals surface area contributed by atoms with Crippen LogP contribution >= 0.6 is 162 Å². The molecule has 0 spiro atoms. The number of amides is 1. The number of unbranched alkanes of at least 4 members (excludes halogenated alkanes) is 2. The molecular formula is C88H168Cl14N2O20. The predicted octanol–water partition coefficient (Wildman–Crippen LogP) is 26.0. The number of halogens is 14. The fraction of sp³-hybridized carbons (Fsp3) is 0.693. The van der Waals surface area contributed by atoms with E-state index >= 15 is 0 Å². The van der Waals surface area contributed by atoms with Crippen LogP contribution in [0.4, 0.5) is 0 Å². The van der Waals surface area contributed by atoms with Crippen molar-refractivity contribution < 1.29 is 97.3 Å². The number of aliphatic hydroxyl groups excluding tert-OH is 5. The van der Waals surface area contributed by atoms with Crippen LogP contribution in [0.15, 0.2) is 101 Å². The summed E-state index contributed by atoms with van der Waals surface area (Å²) in [5, 5.41) is 53.5. The van der Waals surface area contributed by atoms with Gasteiger partial charge >= 0.3 is 11.9 Å². The summed E-state index contributed by atoms with van der Waals surface area (Å²) in [5.41, 5.74) is 5.19. The molecule has 2 heterocycles. The monoisotopic (exact) mass is 2060 g/mol. The smallest absolute Gasteiger partial charge is 0.302 e. The van der Waals surface area contributed by atoms with E-state index in [1.165, 1.54) is 69.1 Å². The number of hydrogen-bond donors (Lipinski definition) is 6. The number of nitriles is 1. The number of aryl methyl sites for hydroxylation is 3. The van der Waals surface area contributed by atoms with Crippen molar-refractivity contribution in [1.29, 1.82) is 5.26 Å². The number of hydrogen-bond acceptors (Lipinski definition) is 20. The Morgan fingerprint density at radius 3 is 0.887 bits per heavy atom. The van der Waals surface area contributed by atoms with Gasteiger partial charge in [-0.2, -0.15) is 5.26 Å². The highest BCUT2D eigenvalue weighted by atomic mass is 35.6. The number of esters is 2. The number of alkyl halides is 11. The molecule has 0 atom stereocenters. The molecule has 36 heteroatoms. The van der Waals surface area contributed by atoms with Gasteiger partial charge in [0.05, 0.1) is 68.9 Å². The largest absolute Gasteiger partial charge is 0.481 e. The molecule has 0 unspecified atom stereocenters. The Morgan fingerprint density at radius 2 is 0.806 bits per heavy atom. The number of ether oxygens (including phenoxy) is 8. The maximum atomic E-state index is 10.1. The second-order valence-corrected chi connectivity index (χ2v) is 32.1. The molecule has 0 aliphatic carbocycles. The van der Waals surface area contributed by atoms with Gasteiger partial charge in [-0.3, -0.25) is 19.2 Å². The lowest BCUT2D eigenvalue weighted by Gasteiger charge is -2.14. The minimum atomic E-state index is -1.61. The van der Waals surface area contributed by atoms with Gasteiger partial charge in [-0.25, -0.2) is 0 Å². The number of aliphatic carboxylic acids is 1. The predicted molar refractivity (Wildman–Crippen MR) is 540 cm³/mol. The van der Waals surface area contributed by atoms with Crippen molar-refractivity contribution in [2.45, 2.75) is 270 Å². The van der Waals surface area contributed by atoms with E-state index in [-0.39, 0.29) is 51.6 Å². The van der Waals surface area contributed by atoms with Crippen molar-refractivity contribution in [3.05, 3.63) is 118 Å². The number of ketones is 2. The third kappa shape index (κ3) is 458. The van der Waals surface area contributed by atoms with Gasteiger partial charge in [0, 0.05) is 132 Å². The van der Waals surface area contributed by atoms with E-state index in [0.29, 0.717) is 56.8 Å². The first-order valence-electron chi connectivity index (χ1n) is 39.5. The van der Waals surface area contributed by atoms with Crippen molar-refractivity contribution in [3.8, 4) is 6.07 Å². The first-order chi connectivity index (χ1) is 57.6. The maximum absolute atomic E-state index is 10.1. The molecule has 2 saturated heterocycles. The summed E-state index contributed by atoms with van der Waals surface area (Å²) in [5.74, 6) is 0.310. The standard InChI is InChI=1S/C8H10.C7H8.C6H12O2.C6H14O.C6H6.C5H12O.2C4H8O2.C4H8O.C4H10O.C4H8O.C4H10O.C3H7NO.C3H8O.C3H6O.C3H8O.C2HCl3.C2H4Cl2.C2H3N.C2H4O2.C2H6O.CCl4.CHCl3.CH2Cl2.CH4O/c1-7-5-3-4-6-8(7)2;1-7-5-3-2-4-6-7;1-3-4-5-8-6(2)7;1-5(2)7-6(3)4;1-2-4-6-5-3-1;1-5(2,3)6-4;1-2-6-4-3-5-1;1-3-6-4(2)5;1-2-4-5-3-1;1-3-5-4-2;1-3-4(2)5;1-2-3-4-5;1-4(2)3-5;2*1-3(2)4;1-2-3-4;3-1-2(4)5;3-1-2-4;1-2-3;1-2(3)4;1-2-3;2-1(3,4)5;2-1(3)4;2-1-3;1-2/h3-6H,1-2H3;2-6H,1H3;3-5H2,1-2H3;5-6H,1-4H3;1-6H;1-4H3;1-4H2;3H2,1-2H3;1-4H2;3-4H2,1-2H3;3H2,1-2H3;5H,2-4H2,1H3;3H,1-2H3;3-4H,1-2H3;1-2H3;4H,2-3H2,1H3;1H;1-2H2;1H3;1H3,(H,3,4);3H,2H2,1H3;;1H;1H2;2H,1H3. The number of benzene rings is 3. The van der Waals surface area contributed by atoms with Gasteiger partial charge in [-0.15, -0.1) is 46.4 Å². The number of rotatable bonds is 14. The Labute approximate surface area is 824 Å². The third-order valence-corrected chi connectivity index (χ3v) is 10.1. The first kappa shape index (κ1) is 171. The van der Waals surface area contributed by atoms with Gasteiger partial charge in [0.25, 0.3) is 9.22 Å². The van der Waals surface area contributed by atoms with E-state index in [2.05, 4.69) is 80.5 Å². The Morgan fingerprint density at radius 1 is 0.573 bits per heavy atom. The number of methoxy groups -OCH3 is 1. The summed E-state index contributed by atoms with van der Waals surface area (Å²) in [4.78, 5) is 59.0. The number of carboxylic acids is 1. The zero-order chi connectivity index (χ0) is 102. The minimum absolute atomic E-state index is 0.0417. The molecule has 3 aromatic rings. The number of carboxylic acid groups (broad SMARTS) is 1. The normalized spacial score (nSPS) is 9.65. The number of aliphatic hydroxyl groups is 5. The molecule has 3 aromatic carbocycles. The van der Waals surface area contributed by atoms with E-state index < -0.39 is 13.5 Å². The number of carbonyl (C=O) groups is 6. The summed E-state index contributed by atoms with van der Waals surface area (Å²) >= 11 is 68.2. The van der Waals surface area contributed by atoms with Gasteiger partial charge in [0.2, 0.25) is 6.41 Å². The molecule has 2 aliphatic rings. The Bertz CT molecular complexity index is 2250. The Kier molecular flexibility index (Phi) is 231. The lowest BCUT2D eigenvalue weighted by atomic mass is 10.1. The molecule has 22 nitrogen and oxygen atoms in total. The molecule has 2 fully saturated rings. The van der Waals surface area contributed by atoms with Crippen LogP contribution in [0, 0.1) is 32.1 Å². The summed E-state index contributed by atoms with van der Waals surface area (Å²) in [6, 6.07) is 32.4. The molecule has 748 valence electrons. The molecule has 0 saturated carbocycles. The van der Waals surface area contributed by atoms with Gasteiger partial charge in [-0.1, -0.05) is 253 Å². The van der Waals surface area contributed by atoms with Crippen molar-refractivity contribution in [3.63, 3.8) is 0 Å². The molecular weight excluding hydrogens is 1900 g/mol. The second-order valence-electron chi connectivity index (χ2n) is 23.9. The summed E-state index contributed by atoms with van der Waals surface area (Å²) in [6.45, 7) is 58.1. The lowest BCUT2D eigenvalue weighted by Crippen LogP contribution is -2.16. The molecule has 6 N–H and O–H groups in total. The molecule has 124 heavy (non-hydrogen) atoms. The fourth-order valence-electron chi connectivity index (χ4n) is 4.00. The van der Waals surface area contributed by atoms with Crippen molar-refractivity contribution in [2.24, 2.45) is 0 Å². The average molecular weight is 2070 g/mol. The van der Waals surface area contributed by atoms with Crippen LogP contribution in [0.2, 0.25) is 0 Å². The zero-order valence-corrected chi connectivity index (χ0v) is 91.3. The Balaban J connectivity index is -0.0000000507. The summed E-state index contributed by atoms with van der Waals surface area (Å²) < 4.78 is 36.6. The van der Waals surface area contributed by atoms with Gasteiger partial charge in [0.15, 0.2) is 4.30 Å². The van der Waals surface area contributed by atoms with Crippen molar-refractivity contribution >= 4 is 198 Å².